The lowest BCUT2D eigenvalue weighted by molar-refractivity contribution is 0.119. The van der Waals surface area contributed by atoms with Crippen LogP contribution in [0.15, 0.2) is 23.6 Å². The van der Waals surface area contributed by atoms with Gasteiger partial charge in [0.1, 0.15) is 10.8 Å². The first-order chi connectivity index (χ1) is 9.24. The van der Waals surface area contributed by atoms with Crippen molar-refractivity contribution in [3.05, 3.63) is 40.7 Å². The summed E-state index contributed by atoms with van der Waals surface area (Å²) in [5.74, 6) is 0.151. The third-order valence-electron chi connectivity index (χ3n) is 2.59. The fourth-order valence-corrected chi connectivity index (χ4v) is 2.69. The fraction of sp³-hybridized carbons (Fsp3) is 0.357. The average Bonchev–Trinajstić information content (AvgIpc) is 2.90. The largest absolute Gasteiger partial charge is 0.377 e. The summed E-state index contributed by atoms with van der Waals surface area (Å²) in [5, 5.41) is 2.77. The van der Waals surface area contributed by atoms with E-state index < -0.39 is 0 Å². The van der Waals surface area contributed by atoms with Gasteiger partial charge in [-0.1, -0.05) is 6.92 Å². The highest BCUT2D eigenvalue weighted by atomic mass is 35.5. The number of rotatable bonds is 6. The van der Waals surface area contributed by atoms with Gasteiger partial charge < -0.3 is 4.74 Å². The van der Waals surface area contributed by atoms with Crippen LogP contribution in [0.3, 0.4) is 0 Å². The monoisotopic (exact) mass is 299 g/mol. The van der Waals surface area contributed by atoms with Crippen LogP contribution in [0.5, 0.6) is 0 Å². The molecule has 0 amide bonds. The minimum Gasteiger partial charge on any atom is -0.377 e. The lowest BCUT2D eigenvalue weighted by Gasteiger charge is -2.06. The van der Waals surface area contributed by atoms with Crippen molar-refractivity contribution >= 4 is 22.9 Å². The van der Waals surface area contributed by atoms with Gasteiger partial charge in [0.2, 0.25) is 0 Å². The molecule has 0 saturated carbocycles. The van der Waals surface area contributed by atoms with Crippen LogP contribution in [0.2, 0.25) is 0 Å². The Bertz CT molecular complexity index is 544. The van der Waals surface area contributed by atoms with Crippen molar-refractivity contribution < 1.29 is 9.13 Å². The van der Waals surface area contributed by atoms with Crippen molar-refractivity contribution in [2.45, 2.75) is 25.8 Å². The van der Waals surface area contributed by atoms with Gasteiger partial charge in [-0.15, -0.1) is 22.9 Å². The first kappa shape index (κ1) is 14.4. The Kier molecular flexibility index (Phi) is 5.31. The van der Waals surface area contributed by atoms with E-state index in [1.165, 1.54) is 17.4 Å². The van der Waals surface area contributed by atoms with Crippen molar-refractivity contribution in [2.24, 2.45) is 0 Å². The van der Waals surface area contributed by atoms with Gasteiger partial charge >= 0.3 is 0 Å². The third kappa shape index (κ3) is 3.75. The second-order valence-electron chi connectivity index (χ2n) is 4.14. The summed E-state index contributed by atoms with van der Waals surface area (Å²) in [4.78, 5) is 4.39. The predicted molar refractivity (Wildman–Crippen MR) is 77.0 cm³/mol. The van der Waals surface area contributed by atoms with Gasteiger partial charge in [0, 0.05) is 23.1 Å². The number of hydrogen-bond acceptors (Lipinski definition) is 3. The fourth-order valence-electron chi connectivity index (χ4n) is 1.65. The number of benzene rings is 1. The summed E-state index contributed by atoms with van der Waals surface area (Å²) in [6.45, 7) is 2.95. The zero-order valence-corrected chi connectivity index (χ0v) is 12.2. The summed E-state index contributed by atoms with van der Waals surface area (Å²) in [7, 11) is 0. The molecule has 1 aromatic heterocycles. The van der Waals surface area contributed by atoms with Gasteiger partial charge in [0.15, 0.2) is 0 Å². The van der Waals surface area contributed by atoms with Crippen LogP contribution in [0, 0.1) is 5.82 Å². The first-order valence-electron chi connectivity index (χ1n) is 6.11. The average molecular weight is 300 g/mol. The van der Waals surface area contributed by atoms with Crippen molar-refractivity contribution in [3.8, 4) is 10.6 Å². The van der Waals surface area contributed by atoms with E-state index in [1.807, 2.05) is 12.3 Å². The Morgan fingerprint density at radius 2 is 2.26 bits per heavy atom. The standard InChI is InChI=1S/C14H15ClFNOS/c1-2-5-18-8-11-6-10(3-4-13(11)16)14-17-12(7-15)9-19-14/h3-4,6,9H,2,5,7-8H2,1H3. The van der Waals surface area contributed by atoms with Crippen LogP contribution in [0.1, 0.15) is 24.6 Å². The van der Waals surface area contributed by atoms with Gasteiger partial charge in [0.25, 0.3) is 0 Å². The van der Waals surface area contributed by atoms with Crippen LogP contribution < -0.4 is 0 Å². The van der Waals surface area contributed by atoms with E-state index in [0.717, 1.165) is 22.7 Å². The Morgan fingerprint density at radius 3 is 2.95 bits per heavy atom. The minimum atomic E-state index is -0.242. The minimum absolute atomic E-state index is 0.242. The van der Waals surface area contributed by atoms with Gasteiger partial charge in [-0.3, -0.25) is 0 Å². The molecule has 0 spiro atoms. The Balaban J connectivity index is 2.19. The van der Waals surface area contributed by atoms with E-state index in [4.69, 9.17) is 16.3 Å². The van der Waals surface area contributed by atoms with E-state index in [-0.39, 0.29) is 5.82 Å². The molecule has 5 heteroatoms. The van der Waals surface area contributed by atoms with E-state index in [9.17, 15) is 4.39 Å². The van der Waals surface area contributed by atoms with Crippen LogP contribution in [0.25, 0.3) is 10.6 Å². The van der Waals surface area contributed by atoms with Crippen molar-refractivity contribution in [1.29, 1.82) is 0 Å². The number of halogens is 2. The van der Waals surface area contributed by atoms with E-state index >= 15 is 0 Å². The van der Waals surface area contributed by atoms with Crippen molar-refractivity contribution in [1.82, 2.24) is 4.98 Å². The Morgan fingerprint density at radius 1 is 1.42 bits per heavy atom. The molecular weight excluding hydrogens is 285 g/mol. The maximum absolute atomic E-state index is 13.7. The summed E-state index contributed by atoms with van der Waals surface area (Å²) < 4.78 is 19.1. The van der Waals surface area contributed by atoms with E-state index in [2.05, 4.69) is 4.98 Å². The molecular formula is C14H15ClFNOS. The zero-order valence-electron chi connectivity index (χ0n) is 10.7. The molecule has 0 radical (unpaired) electrons. The summed E-state index contributed by atoms with van der Waals surface area (Å²) >= 11 is 7.24. The molecule has 2 rings (SSSR count). The Hall–Kier alpha value is -0.970. The van der Waals surface area contributed by atoms with Crippen LogP contribution >= 0.6 is 22.9 Å². The maximum Gasteiger partial charge on any atom is 0.128 e. The molecule has 0 aliphatic rings. The highest BCUT2D eigenvalue weighted by Gasteiger charge is 2.08. The molecule has 0 unspecified atom stereocenters. The van der Waals surface area contributed by atoms with Crippen molar-refractivity contribution in [2.75, 3.05) is 6.61 Å². The smallest absolute Gasteiger partial charge is 0.128 e. The zero-order chi connectivity index (χ0) is 13.7. The molecule has 1 aromatic carbocycles. The number of alkyl halides is 1. The van der Waals surface area contributed by atoms with Gasteiger partial charge in [-0.25, -0.2) is 9.37 Å². The maximum atomic E-state index is 13.7. The Labute approximate surface area is 121 Å². The molecule has 1 heterocycles. The highest BCUT2D eigenvalue weighted by Crippen LogP contribution is 2.26. The van der Waals surface area contributed by atoms with Gasteiger partial charge in [-0.05, 0) is 24.6 Å². The molecule has 0 atom stereocenters. The number of ether oxygens (including phenoxy) is 1. The second-order valence-corrected chi connectivity index (χ2v) is 5.26. The molecule has 0 saturated heterocycles. The highest BCUT2D eigenvalue weighted by molar-refractivity contribution is 7.13. The van der Waals surface area contributed by atoms with E-state index in [1.54, 1.807) is 12.1 Å². The summed E-state index contributed by atoms with van der Waals surface area (Å²) in [6, 6.07) is 4.99. The molecule has 0 bridgehead atoms. The first-order valence-corrected chi connectivity index (χ1v) is 7.53. The second kappa shape index (κ2) is 6.98. The molecule has 19 heavy (non-hydrogen) atoms. The predicted octanol–water partition coefficient (Wildman–Crippen LogP) is 4.61. The lowest BCUT2D eigenvalue weighted by atomic mass is 10.1. The number of hydrogen-bond donors (Lipinski definition) is 0. The molecule has 0 N–H and O–H groups in total. The lowest BCUT2D eigenvalue weighted by Crippen LogP contribution is -1.97. The van der Waals surface area contributed by atoms with Gasteiger partial charge in [0.05, 0.1) is 18.2 Å². The number of thiazole rings is 1. The molecule has 0 fully saturated rings. The topological polar surface area (TPSA) is 22.1 Å². The molecule has 0 aliphatic carbocycles. The third-order valence-corrected chi connectivity index (χ3v) is 3.80. The summed E-state index contributed by atoms with van der Waals surface area (Å²) in [6.07, 6.45) is 0.923. The number of nitrogens with zero attached hydrogens (tertiary/aromatic N) is 1. The number of aromatic nitrogens is 1. The van der Waals surface area contributed by atoms with Crippen molar-refractivity contribution in [3.63, 3.8) is 0 Å². The molecule has 2 aromatic rings. The molecule has 0 aliphatic heterocycles. The van der Waals surface area contributed by atoms with Crippen LogP contribution in [-0.4, -0.2) is 11.6 Å². The van der Waals surface area contributed by atoms with Crippen LogP contribution in [-0.2, 0) is 17.2 Å². The normalized spacial score (nSPS) is 10.9. The molecule has 2 nitrogen and oxygen atoms in total. The van der Waals surface area contributed by atoms with Gasteiger partial charge in [-0.2, -0.15) is 0 Å². The summed E-state index contributed by atoms with van der Waals surface area (Å²) in [5.41, 5.74) is 2.31. The SMILES string of the molecule is CCCOCc1cc(-c2nc(CCl)cs2)ccc1F. The van der Waals surface area contributed by atoms with Crippen LogP contribution in [0.4, 0.5) is 4.39 Å². The van der Waals surface area contributed by atoms with E-state index in [0.29, 0.717) is 24.7 Å². The quantitative estimate of drug-likeness (QED) is 0.574. The molecule has 102 valence electrons.